The zero-order chi connectivity index (χ0) is 15.5. The maximum atomic E-state index is 12.7. The molecule has 0 unspecified atom stereocenters. The Morgan fingerprint density at radius 2 is 1.91 bits per heavy atom. The number of nitrogens with zero attached hydrogens (tertiary/aromatic N) is 4. The molecule has 0 bridgehead atoms. The summed E-state index contributed by atoms with van der Waals surface area (Å²) in [4.78, 5) is 31.9. The lowest BCUT2D eigenvalue weighted by Crippen LogP contribution is -2.51. The fraction of sp³-hybridized carbons (Fsp3) is 0.400. The molecule has 2 aromatic rings. The van der Waals surface area contributed by atoms with E-state index in [4.69, 9.17) is 4.74 Å². The van der Waals surface area contributed by atoms with Crippen molar-refractivity contribution < 1.29 is 14.3 Å². The number of aromatic nitrogens is 2. The van der Waals surface area contributed by atoms with E-state index in [9.17, 15) is 9.59 Å². The van der Waals surface area contributed by atoms with Gasteiger partial charge in [-0.15, -0.1) is 0 Å². The fourth-order valence-electron chi connectivity index (χ4n) is 2.59. The Kier molecular flexibility index (Phi) is 3.95. The van der Waals surface area contributed by atoms with Gasteiger partial charge in [-0.3, -0.25) is 9.20 Å². The van der Waals surface area contributed by atoms with Gasteiger partial charge in [-0.05, 0) is 19.1 Å². The van der Waals surface area contributed by atoms with Crippen LogP contribution >= 0.6 is 0 Å². The number of hydrogen-bond acceptors (Lipinski definition) is 4. The van der Waals surface area contributed by atoms with Gasteiger partial charge in [-0.2, -0.15) is 0 Å². The molecule has 0 aliphatic carbocycles. The average molecular weight is 302 g/mol. The largest absolute Gasteiger partial charge is 0.450 e. The molecule has 0 saturated carbocycles. The first kappa shape index (κ1) is 14.4. The molecule has 0 N–H and O–H groups in total. The second kappa shape index (κ2) is 6.05. The molecule has 1 saturated heterocycles. The summed E-state index contributed by atoms with van der Waals surface area (Å²) in [6.07, 6.45) is 3.13. The van der Waals surface area contributed by atoms with Crippen LogP contribution in [0.15, 0.2) is 30.6 Å². The predicted molar refractivity (Wildman–Crippen MR) is 79.7 cm³/mol. The Balaban J connectivity index is 1.70. The Morgan fingerprint density at radius 3 is 2.64 bits per heavy atom. The van der Waals surface area contributed by atoms with E-state index in [1.54, 1.807) is 39.6 Å². The molecule has 1 aliphatic rings. The molecule has 3 rings (SSSR count). The van der Waals surface area contributed by atoms with E-state index in [-0.39, 0.29) is 12.0 Å². The van der Waals surface area contributed by atoms with E-state index < -0.39 is 0 Å². The highest BCUT2D eigenvalue weighted by Gasteiger charge is 2.26. The third kappa shape index (κ3) is 2.61. The van der Waals surface area contributed by atoms with Gasteiger partial charge in [-0.1, -0.05) is 6.07 Å². The molecule has 2 aromatic heterocycles. The number of imidazole rings is 1. The molecule has 7 heteroatoms. The lowest BCUT2D eigenvalue weighted by atomic mass is 10.2. The van der Waals surface area contributed by atoms with Crippen LogP contribution in [0.1, 0.15) is 17.4 Å². The van der Waals surface area contributed by atoms with Crippen molar-refractivity contribution in [1.82, 2.24) is 19.2 Å². The van der Waals surface area contributed by atoms with E-state index in [1.165, 1.54) is 0 Å². The first-order valence-electron chi connectivity index (χ1n) is 7.33. The highest BCUT2D eigenvalue weighted by molar-refractivity contribution is 5.93. The van der Waals surface area contributed by atoms with Gasteiger partial charge in [-0.25, -0.2) is 9.78 Å². The molecule has 0 atom stereocenters. The maximum absolute atomic E-state index is 12.7. The summed E-state index contributed by atoms with van der Waals surface area (Å²) < 4.78 is 6.76. The van der Waals surface area contributed by atoms with Crippen molar-refractivity contribution in [2.45, 2.75) is 6.92 Å². The number of piperazine rings is 1. The van der Waals surface area contributed by atoms with Crippen LogP contribution in [-0.4, -0.2) is 64.0 Å². The minimum absolute atomic E-state index is 0.0490. The third-order valence-electron chi connectivity index (χ3n) is 3.74. The Bertz CT molecular complexity index is 689. The minimum Gasteiger partial charge on any atom is -0.450 e. The topological polar surface area (TPSA) is 67.2 Å². The van der Waals surface area contributed by atoms with Gasteiger partial charge in [0.25, 0.3) is 5.91 Å². The Morgan fingerprint density at radius 1 is 1.18 bits per heavy atom. The second-order valence-corrected chi connectivity index (χ2v) is 5.04. The molecule has 116 valence electrons. The minimum atomic E-state index is -0.314. The van der Waals surface area contributed by atoms with Crippen LogP contribution in [-0.2, 0) is 4.74 Å². The molecule has 1 aliphatic heterocycles. The van der Waals surface area contributed by atoms with E-state index in [2.05, 4.69) is 4.98 Å². The van der Waals surface area contributed by atoms with E-state index in [0.717, 1.165) is 5.65 Å². The van der Waals surface area contributed by atoms with Crippen LogP contribution in [0.3, 0.4) is 0 Å². The number of carbonyl (C=O) groups is 2. The van der Waals surface area contributed by atoms with Gasteiger partial charge in [0, 0.05) is 38.6 Å². The third-order valence-corrected chi connectivity index (χ3v) is 3.74. The van der Waals surface area contributed by atoms with Gasteiger partial charge >= 0.3 is 6.09 Å². The molecule has 2 amide bonds. The SMILES string of the molecule is CCOC(=O)N1CCN(C(=O)c2cccc3nccn23)CC1. The monoisotopic (exact) mass is 302 g/mol. The number of amides is 2. The number of ether oxygens (including phenoxy) is 1. The molecular formula is C15H18N4O3. The fourth-order valence-corrected chi connectivity index (χ4v) is 2.59. The van der Waals surface area contributed by atoms with Gasteiger partial charge in [0.15, 0.2) is 0 Å². The molecule has 0 aromatic carbocycles. The zero-order valence-corrected chi connectivity index (χ0v) is 12.4. The molecule has 1 fully saturated rings. The molecule has 0 spiro atoms. The predicted octanol–water partition coefficient (Wildman–Crippen LogP) is 1.25. The van der Waals surface area contributed by atoms with Crippen molar-refractivity contribution in [2.75, 3.05) is 32.8 Å². The first-order valence-corrected chi connectivity index (χ1v) is 7.33. The quantitative estimate of drug-likeness (QED) is 0.837. The summed E-state index contributed by atoms with van der Waals surface area (Å²) in [5, 5.41) is 0. The molecule has 0 radical (unpaired) electrons. The van der Waals surface area contributed by atoms with Gasteiger partial charge in [0.1, 0.15) is 11.3 Å². The van der Waals surface area contributed by atoms with Crippen molar-refractivity contribution in [2.24, 2.45) is 0 Å². The van der Waals surface area contributed by atoms with Crippen LogP contribution in [0.25, 0.3) is 5.65 Å². The van der Waals surface area contributed by atoms with Crippen molar-refractivity contribution >= 4 is 17.6 Å². The molecule has 7 nitrogen and oxygen atoms in total. The van der Waals surface area contributed by atoms with E-state index >= 15 is 0 Å². The zero-order valence-electron chi connectivity index (χ0n) is 12.4. The maximum Gasteiger partial charge on any atom is 0.409 e. The van der Waals surface area contributed by atoms with Gasteiger partial charge in [0.05, 0.1) is 6.61 Å². The van der Waals surface area contributed by atoms with E-state index in [1.807, 2.05) is 12.1 Å². The van der Waals surface area contributed by atoms with Gasteiger partial charge < -0.3 is 14.5 Å². The van der Waals surface area contributed by atoms with Crippen molar-refractivity contribution in [3.8, 4) is 0 Å². The van der Waals surface area contributed by atoms with Gasteiger partial charge in [0.2, 0.25) is 0 Å². The number of rotatable bonds is 2. The van der Waals surface area contributed by atoms with Crippen LogP contribution in [0, 0.1) is 0 Å². The standard InChI is InChI=1S/C15H18N4O3/c1-2-22-15(21)18-10-8-17(9-11-18)14(20)12-4-3-5-13-16-6-7-19(12)13/h3-7H,2,8-11H2,1H3. The summed E-state index contributed by atoms with van der Waals surface area (Å²) in [6.45, 7) is 4.13. The highest BCUT2D eigenvalue weighted by atomic mass is 16.6. The average Bonchev–Trinajstić information content (AvgIpc) is 3.03. The number of fused-ring (bicyclic) bond motifs is 1. The van der Waals surface area contributed by atoms with Crippen molar-refractivity contribution in [3.05, 3.63) is 36.3 Å². The van der Waals surface area contributed by atoms with Crippen LogP contribution in [0.4, 0.5) is 4.79 Å². The van der Waals surface area contributed by atoms with Crippen LogP contribution in [0.2, 0.25) is 0 Å². The second-order valence-electron chi connectivity index (χ2n) is 5.04. The summed E-state index contributed by atoms with van der Waals surface area (Å²) in [5.74, 6) is -0.0490. The summed E-state index contributed by atoms with van der Waals surface area (Å²) >= 11 is 0. The van der Waals surface area contributed by atoms with Crippen LogP contribution in [0.5, 0.6) is 0 Å². The number of hydrogen-bond donors (Lipinski definition) is 0. The summed E-state index contributed by atoms with van der Waals surface area (Å²) in [6, 6.07) is 5.47. The number of pyridine rings is 1. The lowest BCUT2D eigenvalue weighted by Gasteiger charge is -2.34. The molecule has 3 heterocycles. The first-order chi connectivity index (χ1) is 10.7. The summed E-state index contributed by atoms with van der Waals surface area (Å²) in [5.41, 5.74) is 1.33. The Labute approximate surface area is 128 Å². The highest BCUT2D eigenvalue weighted by Crippen LogP contribution is 2.12. The van der Waals surface area contributed by atoms with E-state index in [0.29, 0.717) is 38.5 Å². The number of carbonyl (C=O) groups excluding carboxylic acids is 2. The smallest absolute Gasteiger partial charge is 0.409 e. The van der Waals surface area contributed by atoms with Crippen LogP contribution < -0.4 is 0 Å². The molecule has 22 heavy (non-hydrogen) atoms. The van der Waals surface area contributed by atoms with Crippen molar-refractivity contribution in [3.63, 3.8) is 0 Å². The summed E-state index contributed by atoms with van der Waals surface area (Å²) in [7, 11) is 0. The normalized spacial score (nSPS) is 15.1. The van der Waals surface area contributed by atoms with Crippen molar-refractivity contribution in [1.29, 1.82) is 0 Å². The molecular weight excluding hydrogens is 284 g/mol. The Hall–Kier alpha value is -2.57. The lowest BCUT2D eigenvalue weighted by molar-refractivity contribution is 0.0565.